The molecule has 0 bridgehead atoms. The van der Waals surface area contributed by atoms with E-state index in [9.17, 15) is 4.79 Å². The zero-order valence-electron chi connectivity index (χ0n) is 17.3. The van der Waals surface area contributed by atoms with E-state index < -0.39 is 0 Å². The van der Waals surface area contributed by atoms with Crippen LogP contribution < -0.4 is 15.4 Å². The summed E-state index contributed by atoms with van der Waals surface area (Å²) in [6, 6.07) is 18.7. The van der Waals surface area contributed by atoms with Gasteiger partial charge >= 0.3 is 0 Å². The fourth-order valence-corrected chi connectivity index (χ4v) is 4.37. The third-order valence-corrected chi connectivity index (χ3v) is 6.06. The predicted octanol–water partition coefficient (Wildman–Crippen LogP) is 5.76. The molecule has 0 saturated heterocycles. The minimum atomic E-state index is -0.285. The van der Waals surface area contributed by atoms with Gasteiger partial charge in [-0.05, 0) is 42.8 Å². The molecule has 0 spiro atoms. The molecule has 4 rings (SSSR count). The van der Waals surface area contributed by atoms with E-state index in [4.69, 9.17) is 9.15 Å². The Hall–Kier alpha value is -3.58. The van der Waals surface area contributed by atoms with Gasteiger partial charge in [-0.1, -0.05) is 31.2 Å². The Bertz CT molecular complexity index is 1140. The number of benzene rings is 1. The number of aromatic nitrogens is 1. The highest BCUT2D eigenvalue weighted by Crippen LogP contribution is 2.40. The first-order chi connectivity index (χ1) is 15.2. The van der Waals surface area contributed by atoms with E-state index in [1.807, 2.05) is 42.5 Å². The largest absolute Gasteiger partial charge is 0.496 e. The summed E-state index contributed by atoms with van der Waals surface area (Å²) in [7, 11) is 1.65. The minimum absolute atomic E-state index is 0.268. The van der Waals surface area contributed by atoms with E-state index in [-0.39, 0.29) is 17.7 Å². The highest BCUT2D eigenvalue weighted by atomic mass is 32.1. The number of furan rings is 1. The van der Waals surface area contributed by atoms with Crippen molar-refractivity contribution in [3.05, 3.63) is 94.9 Å². The fourth-order valence-electron chi connectivity index (χ4n) is 3.34. The van der Waals surface area contributed by atoms with E-state index in [1.165, 1.54) is 6.26 Å². The first-order valence-electron chi connectivity index (χ1n) is 9.97. The number of aryl methyl sites for hydroxylation is 1. The van der Waals surface area contributed by atoms with Crippen LogP contribution in [0.3, 0.4) is 0 Å². The number of nitrogens with one attached hydrogen (secondary N) is 2. The molecule has 1 atom stereocenters. The summed E-state index contributed by atoms with van der Waals surface area (Å²) < 4.78 is 10.9. The number of carbonyl (C=O) groups excluding carboxylic acids is 1. The van der Waals surface area contributed by atoms with Gasteiger partial charge in [0.15, 0.2) is 5.76 Å². The number of carbonyl (C=O) groups is 1. The summed E-state index contributed by atoms with van der Waals surface area (Å²) >= 11 is 1.56. The third kappa shape index (κ3) is 4.62. The first-order valence-corrected chi connectivity index (χ1v) is 10.8. The predicted molar refractivity (Wildman–Crippen MR) is 123 cm³/mol. The molecule has 2 N–H and O–H groups in total. The minimum Gasteiger partial charge on any atom is -0.496 e. The van der Waals surface area contributed by atoms with Gasteiger partial charge in [0.05, 0.1) is 19.4 Å². The van der Waals surface area contributed by atoms with Crippen LogP contribution in [-0.4, -0.2) is 18.0 Å². The number of para-hydroxylation sites is 1. The zero-order valence-corrected chi connectivity index (χ0v) is 18.1. The van der Waals surface area contributed by atoms with Crippen molar-refractivity contribution < 1.29 is 13.9 Å². The van der Waals surface area contributed by atoms with Crippen LogP contribution in [-0.2, 0) is 6.42 Å². The molecule has 0 aliphatic carbocycles. The fraction of sp³-hybridized carbons (Fsp3) is 0.167. The van der Waals surface area contributed by atoms with Crippen LogP contribution >= 0.6 is 11.3 Å². The van der Waals surface area contributed by atoms with Crippen LogP contribution in [0.4, 0.5) is 10.8 Å². The number of methoxy groups -OCH3 is 1. The molecule has 0 aliphatic rings. The lowest BCUT2D eigenvalue weighted by Gasteiger charge is -2.22. The molecule has 0 saturated carbocycles. The summed E-state index contributed by atoms with van der Waals surface area (Å²) in [5.74, 6) is 1.46. The van der Waals surface area contributed by atoms with Crippen LogP contribution in [0.5, 0.6) is 5.75 Å². The molecule has 0 unspecified atom stereocenters. The Balaban J connectivity index is 1.78. The van der Waals surface area contributed by atoms with Crippen molar-refractivity contribution >= 4 is 28.1 Å². The number of ether oxygens (including phenoxy) is 1. The maximum absolute atomic E-state index is 12.7. The van der Waals surface area contributed by atoms with Crippen LogP contribution in [0.15, 0.2) is 77.5 Å². The van der Waals surface area contributed by atoms with Gasteiger partial charge in [-0.15, -0.1) is 11.3 Å². The molecule has 1 amide bonds. The zero-order chi connectivity index (χ0) is 21.6. The van der Waals surface area contributed by atoms with Gasteiger partial charge < -0.3 is 19.8 Å². The van der Waals surface area contributed by atoms with E-state index in [2.05, 4.69) is 28.6 Å². The Morgan fingerprint density at radius 3 is 2.68 bits per heavy atom. The number of nitrogens with zero attached hydrogens (tertiary/aromatic N) is 1. The van der Waals surface area contributed by atoms with E-state index in [0.717, 1.165) is 39.0 Å². The number of thiophene rings is 1. The van der Waals surface area contributed by atoms with Gasteiger partial charge in [0.2, 0.25) is 0 Å². The maximum atomic E-state index is 12.7. The van der Waals surface area contributed by atoms with Gasteiger partial charge in [-0.3, -0.25) is 4.79 Å². The molecule has 3 heterocycles. The number of amides is 1. The first kappa shape index (κ1) is 20.7. The van der Waals surface area contributed by atoms with E-state index >= 15 is 0 Å². The molecule has 3 aromatic heterocycles. The number of hydrogen-bond donors (Lipinski definition) is 2. The van der Waals surface area contributed by atoms with Gasteiger partial charge in [0.1, 0.15) is 16.6 Å². The maximum Gasteiger partial charge on any atom is 0.291 e. The lowest BCUT2D eigenvalue weighted by molar-refractivity contribution is 0.0997. The highest BCUT2D eigenvalue weighted by molar-refractivity contribution is 7.16. The van der Waals surface area contributed by atoms with Crippen molar-refractivity contribution in [2.45, 2.75) is 19.4 Å². The summed E-state index contributed by atoms with van der Waals surface area (Å²) in [6.45, 7) is 2.10. The Kier molecular flexibility index (Phi) is 6.33. The topological polar surface area (TPSA) is 76.4 Å². The second kappa shape index (κ2) is 9.49. The van der Waals surface area contributed by atoms with Crippen LogP contribution in [0.25, 0.3) is 0 Å². The average molecular weight is 434 g/mol. The summed E-state index contributed by atoms with van der Waals surface area (Å²) in [4.78, 5) is 18.3. The molecular weight excluding hydrogens is 410 g/mol. The molecule has 4 aromatic rings. The molecule has 0 radical (unpaired) electrons. The lowest BCUT2D eigenvalue weighted by atomic mass is 9.98. The van der Waals surface area contributed by atoms with Gasteiger partial charge in [0, 0.05) is 22.2 Å². The van der Waals surface area contributed by atoms with Gasteiger partial charge in [-0.2, -0.15) is 0 Å². The van der Waals surface area contributed by atoms with Crippen LogP contribution in [0.1, 0.15) is 39.5 Å². The standard InChI is InChI=1S/C24H23N3O3S/c1-3-16-15-18(24(31-16)27-23(28)20-11-8-14-30-20)22(26-21-12-6-7-13-25-21)17-9-4-5-10-19(17)29-2/h4-15,22H,3H2,1-2H3,(H,25,26)(H,27,28)/t22-/m1/s1. The monoisotopic (exact) mass is 433 g/mol. The molecule has 1 aromatic carbocycles. The number of rotatable bonds is 8. The number of hydrogen-bond acceptors (Lipinski definition) is 6. The number of pyridine rings is 1. The van der Waals surface area contributed by atoms with Gasteiger partial charge in [0.25, 0.3) is 5.91 Å². The van der Waals surface area contributed by atoms with Crippen molar-refractivity contribution in [2.24, 2.45) is 0 Å². The quantitative estimate of drug-likeness (QED) is 0.369. The van der Waals surface area contributed by atoms with Crippen molar-refractivity contribution in [3.63, 3.8) is 0 Å². The third-order valence-electron chi connectivity index (χ3n) is 4.85. The van der Waals surface area contributed by atoms with E-state index in [1.54, 1.807) is 36.8 Å². The molecule has 0 fully saturated rings. The molecule has 31 heavy (non-hydrogen) atoms. The molecular formula is C24H23N3O3S. The Morgan fingerprint density at radius 1 is 1.13 bits per heavy atom. The van der Waals surface area contributed by atoms with Crippen molar-refractivity contribution in [2.75, 3.05) is 17.7 Å². The molecule has 0 aliphatic heterocycles. The molecule has 158 valence electrons. The van der Waals surface area contributed by atoms with Crippen LogP contribution in [0, 0.1) is 0 Å². The highest BCUT2D eigenvalue weighted by Gasteiger charge is 2.25. The number of anilines is 2. The Morgan fingerprint density at radius 2 is 1.97 bits per heavy atom. The smallest absolute Gasteiger partial charge is 0.291 e. The summed E-state index contributed by atoms with van der Waals surface area (Å²) in [5, 5.41) is 7.30. The SMILES string of the molecule is CCc1cc([C@H](Nc2ccccn2)c2ccccc2OC)c(NC(=O)c2ccco2)s1. The Labute approximate surface area is 184 Å². The van der Waals surface area contributed by atoms with Gasteiger partial charge in [-0.25, -0.2) is 4.98 Å². The normalized spacial score (nSPS) is 11.7. The summed E-state index contributed by atoms with van der Waals surface area (Å²) in [6.07, 6.45) is 4.09. The van der Waals surface area contributed by atoms with Crippen molar-refractivity contribution in [1.29, 1.82) is 0 Å². The molecule has 7 heteroatoms. The second-order valence-electron chi connectivity index (χ2n) is 6.82. The lowest BCUT2D eigenvalue weighted by Crippen LogP contribution is -2.17. The summed E-state index contributed by atoms with van der Waals surface area (Å²) in [5.41, 5.74) is 1.89. The van der Waals surface area contributed by atoms with Crippen molar-refractivity contribution in [1.82, 2.24) is 4.98 Å². The van der Waals surface area contributed by atoms with Crippen LogP contribution in [0.2, 0.25) is 0 Å². The molecule has 6 nitrogen and oxygen atoms in total. The average Bonchev–Trinajstić information content (AvgIpc) is 3.48. The second-order valence-corrected chi connectivity index (χ2v) is 7.95. The van der Waals surface area contributed by atoms with E-state index in [0.29, 0.717) is 0 Å². The van der Waals surface area contributed by atoms with Crippen molar-refractivity contribution in [3.8, 4) is 5.75 Å².